The maximum atomic E-state index is 13.9. The van der Waals surface area contributed by atoms with E-state index in [-0.39, 0.29) is 12.2 Å². The number of halogens is 1. The molecular weight excluding hydrogens is 594 g/mol. The zero-order valence-corrected chi connectivity index (χ0v) is 25.8. The lowest BCUT2D eigenvalue weighted by Crippen LogP contribution is -2.47. The number of aryl methyl sites for hydroxylation is 1. The molecule has 7 nitrogen and oxygen atoms in total. The molecule has 0 radical (unpaired) electrons. The molecule has 0 saturated carbocycles. The van der Waals surface area contributed by atoms with Crippen molar-refractivity contribution in [3.05, 3.63) is 131 Å². The number of hydrogen-bond acceptors (Lipinski definition) is 5. The van der Waals surface area contributed by atoms with E-state index in [0.717, 1.165) is 51.9 Å². The number of benzene rings is 4. The summed E-state index contributed by atoms with van der Waals surface area (Å²) in [5.74, 6) is -0.114. The number of carbonyl (C=O) groups is 2. The largest absolute Gasteiger partial charge is 0.465 e. The first kappa shape index (κ1) is 31.6. The fraction of sp³-hybridized carbons (Fsp3) is 0.257. The number of rotatable bonds is 12. The SMILES string of the molecule is O=C(O)N[C@H](C(=O)Nc1ccccc1CC[C@@H]1CNC[C@@H](CSc2ccc(Cl)cc2)O1)C(c1ccccc1)c1ccccc1. The molecule has 2 amide bonds. The molecule has 1 saturated heterocycles. The molecule has 1 fully saturated rings. The van der Waals surface area contributed by atoms with Crippen molar-refractivity contribution >= 4 is 41.1 Å². The topological polar surface area (TPSA) is 99.7 Å². The highest BCUT2D eigenvalue weighted by molar-refractivity contribution is 7.99. The van der Waals surface area contributed by atoms with Gasteiger partial charge in [-0.05, 0) is 59.9 Å². The number of carboxylic acid groups (broad SMARTS) is 1. The monoisotopic (exact) mass is 629 g/mol. The third kappa shape index (κ3) is 8.86. The summed E-state index contributed by atoms with van der Waals surface area (Å²) in [5, 5.41) is 19.5. The minimum Gasteiger partial charge on any atom is -0.465 e. The van der Waals surface area contributed by atoms with Crippen LogP contribution in [0.25, 0.3) is 0 Å². The number of amides is 2. The molecule has 9 heteroatoms. The van der Waals surface area contributed by atoms with E-state index in [9.17, 15) is 14.7 Å². The van der Waals surface area contributed by atoms with Crippen LogP contribution in [0.3, 0.4) is 0 Å². The third-order valence-electron chi connectivity index (χ3n) is 7.60. The molecular formula is C35H36ClN3O4S. The Bertz CT molecular complexity index is 1470. The average molecular weight is 630 g/mol. The van der Waals surface area contributed by atoms with Crippen LogP contribution >= 0.6 is 23.4 Å². The summed E-state index contributed by atoms with van der Waals surface area (Å²) in [6.07, 6.45) is 0.319. The Balaban J connectivity index is 1.26. The molecule has 0 bridgehead atoms. The number of nitrogens with one attached hydrogen (secondary N) is 3. The molecule has 0 aromatic heterocycles. The minimum atomic E-state index is -1.26. The molecule has 1 heterocycles. The van der Waals surface area contributed by atoms with Gasteiger partial charge in [-0.1, -0.05) is 90.5 Å². The smallest absolute Gasteiger partial charge is 0.405 e. The van der Waals surface area contributed by atoms with E-state index in [1.54, 1.807) is 11.8 Å². The van der Waals surface area contributed by atoms with Gasteiger partial charge in [-0.15, -0.1) is 11.8 Å². The van der Waals surface area contributed by atoms with Crippen LogP contribution in [0, 0.1) is 0 Å². The van der Waals surface area contributed by atoms with Crippen LogP contribution in [0.2, 0.25) is 5.02 Å². The maximum absolute atomic E-state index is 13.9. The van der Waals surface area contributed by atoms with E-state index in [1.165, 1.54) is 0 Å². The van der Waals surface area contributed by atoms with Crippen molar-refractivity contribution in [1.29, 1.82) is 0 Å². The fourth-order valence-corrected chi connectivity index (χ4v) is 6.51. The standard InChI is InChI=1S/C35H36ClN3O4S/c36-27-16-19-30(20-17-27)44-23-29-22-37-21-28(43-29)18-15-24-9-7-8-14-31(24)38-34(40)33(39-35(41)42)32(25-10-3-1-4-11-25)26-12-5-2-6-13-26/h1-14,16-17,19-20,28-29,32-33,37,39H,15,18,21-23H2,(H,38,40)(H,41,42)/t28-,29+,33+/m1/s1. The lowest BCUT2D eigenvalue weighted by Gasteiger charge is -2.31. The molecule has 44 heavy (non-hydrogen) atoms. The van der Waals surface area contributed by atoms with Gasteiger partial charge in [0.2, 0.25) is 5.91 Å². The highest BCUT2D eigenvalue weighted by atomic mass is 35.5. The number of morpholine rings is 1. The van der Waals surface area contributed by atoms with Crippen LogP contribution < -0.4 is 16.0 Å². The first-order valence-electron chi connectivity index (χ1n) is 14.7. The molecule has 0 aliphatic carbocycles. The molecule has 4 N–H and O–H groups in total. The third-order valence-corrected chi connectivity index (χ3v) is 9.00. The molecule has 0 unspecified atom stereocenters. The number of carbonyl (C=O) groups excluding carboxylic acids is 1. The van der Waals surface area contributed by atoms with Gasteiger partial charge in [0.15, 0.2) is 0 Å². The highest BCUT2D eigenvalue weighted by Crippen LogP contribution is 2.30. The quantitative estimate of drug-likeness (QED) is 0.128. The van der Waals surface area contributed by atoms with Gasteiger partial charge < -0.3 is 25.8 Å². The van der Waals surface area contributed by atoms with Gasteiger partial charge in [0.25, 0.3) is 0 Å². The summed E-state index contributed by atoms with van der Waals surface area (Å²) in [5.41, 5.74) is 3.30. The number of ether oxygens (including phenoxy) is 1. The fourth-order valence-electron chi connectivity index (χ4n) is 5.48. The Labute approximate surface area is 267 Å². The predicted molar refractivity (Wildman–Crippen MR) is 177 cm³/mol. The van der Waals surface area contributed by atoms with Gasteiger partial charge in [-0.25, -0.2) is 4.79 Å². The van der Waals surface area contributed by atoms with Crippen molar-refractivity contribution in [3.8, 4) is 0 Å². The Morgan fingerprint density at radius 3 is 2.14 bits per heavy atom. The molecule has 4 aromatic carbocycles. The van der Waals surface area contributed by atoms with Gasteiger partial charge in [-0.2, -0.15) is 0 Å². The first-order valence-corrected chi connectivity index (χ1v) is 16.1. The zero-order chi connectivity index (χ0) is 30.7. The van der Waals surface area contributed by atoms with Gasteiger partial charge in [-0.3, -0.25) is 4.79 Å². The molecule has 1 aliphatic heterocycles. The van der Waals surface area contributed by atoms with Crippen LogP contribution in [-0.2, 0) is 16.0 Å². The van der Waals surface area contributed by atoms with E-state index in [2.05, 4.69) is 16.0 Å². The summed E-state index contributed by atoms with van der Waals surface area (Å²) in [4.78, 5) is 26.9. The molecule has 4 aromatic rings. The van der Waals surface area contributed by atoms with E-state index in [1.807, 2.05) is 109 Å². The van der Waals surface area contributed by atoms with Crippen LogP contribution in [0.4, 0.5) is 10.5 Å². The molecule has 0 spiro atoms. The van der Waals surface area contributed by atoms with E-state index >= 15 is 0 Å². The number of hydrogen-bond donors (Lipinski definition) is 4. The Morgan fingerprint density at radius 2 is 1.48 bits per heavy atom. The molecule has 5 rings (SSSR count). The van der Waals surface area contributed by atoms with Crippen LogP contribution in [0.1, 0.15) is 29.0 Å². The highest BCUT2D eigenvalue weighted by Gasteiger charge is 2.33. The molecule has 228 valence electrons. The summed E-state index contributed by atoms with van der Waals surface area (Å²) in [6, 6.07) is 33.4. The Hall–Kier alpha value is -3.82. The first-order chi connectivity index (χ1) is 21.5. The van der Waals surface area contributed by atoms with Gasteiger partial charge in [0, 0.05) is 40.4 Å². The van der Waals surface area contributed by atoms with Crippen molar-refractivity contribution in [2.75, 3.05) is 24.2 Å². The summed E-state index contributed by atoms with van der Waals surface area (Å²) < 4.78 is 6.41. The Morgan fingerprint density at radius 1 is 0.864 bits per heavy atom. The van der Waals surface area contributed by atoms with Crippen molar-refractivity contribution in [2.45, 2.75) is 41.9 Å². The molecule has 3 atom stereocenters. The van der Waals surface area contributed by atoms with Gasteiger partial charge in [0.1, 0.15) is 6.04 Å². The van der Waals surface area contributed by atoms with Crippen LogP contribution in [0.5, 0.6) is 0 Å². The van der Waals surface area contributed by atoms with E-state index in [4.69, 9.17) is 16.3 Å². The van der Waals surface area contributed by atoms with Crippen LogP contribution in [0.15, 0.2) is 114 Å². The second-order valence-electron chi connectivity index (χ2n) is 10.7. The average Bonchev–Trinajstić information content (AvgIpc) is 3.05. The number of thioether (sulfide) groups is 1. The summed E-state index contributed by atoms with van der Waals surface area (Å²) in [7, 11) is 0. The van der Waals surface area contributed by atoms with Crippen molar-refractivity contribution < 1.29 is 19.4 Å². The number of anilines is 1. The van der Waals surface area contributed by atoms with Gasteiger partial charge in [0.05, 0.1) is 12.2 Å². The normalized spacial score (nSPS) is 17.1. The van der Waals surface area contributed by atoms with E-state index in [0.29, 0.717) is 12.1 Å². The lowest BCUT2D eigenvalue weighted by atomic mass is 9.84. The predicted octanol–water partition coefficient (Wildman–Crippen LogP) is 6.83. The summed E-state index contributed by atoms with van der Waals surface area (Å²) >= 11 is 7.76. The summed E-state index contributed by atoms with van der Waals surface area (Å²) in [6.45, 7) is 1.56. The van der Waals surface area contributed by atoms with Gasteiger partial charge >= 0.3 is 6.09 Å². The maximum Gasteiger partial charge on any atom is 0.405 e. The second kappa shape index (κ2) is 15.8. The van der Waals surface area contributed by atoms with Crippen molar-refractivity contribution in [3.63, 3.8) is 0 Å². The number of para-hydroxylation sites is 1. The molecule has 1 aliphatic rings. The minimum absolute atomic E-state index is 0.0327. The lowest BCUT2D eigenvalue weighted by molar-refractivity contribution is -0.118. The second-order valence-corrected chi connectivity index (χ2v) is 12.2. The van der Waals surface area contributed by atoms with E-state index < -0.39 is 24.0 Å². The van der Waals surface area contributed by atoms with Crippen molar-refractivity contribution in [1.82, 2.24) is 10.6 Å². The van der Waals surface area contributed by atoms with Crippen LogP contribution in [-0.4, -0.2) is 54.2 Å². The van der Waals surface area contributed by atoms with Crippen molar-refractivity contribution in [2.24, 2.45) is 0 Å². The zero-order valence-electron chi connectivity index (χ0n) is 24.2. The Kier molecular flexibility index (Phi) is 11.3.